The maximum absolute atomic E-state index is 12.2. The Balaban J connectivity index is 2.34. The highest BCUT2D eigenvalue weighted by molar-refractivity contribution is 6.41. The number of hydrogen-bond donors (Lipinski definition) is 1. The highest BCUT2D eigenvalue weighted by atomic mass is 35.5. The summed E-state index contributed by atoms with van der Waals surface area (Å²) in [6.07, 6.45) is 0. The van der Waals surface area contributed by atoms with Gasteiger partial charge in [-0.15, -0.1) is 0 Å². The second kappa shape index (κ2) is 7.11. The Bertz CT molecular complexity index is 1360. The fourth-order valence-electron chi connectivity index (χ4n) is 3.16. The van der Waals surface area contributed by atoms with Crippen molar-refractivity contribution in [3.63, 3.8) is 0 Å². The molecule has 5 nitrogen and oxygen atoms in total. The van der Waals surface area contributed by atoms with Gasteiger partial charge in [0.2, 0.25) is 5.43 Å². The Morgan fingerprint density at radius 3 is 2.34 bits per heavy atom. The van der Waals surface area contributed by atoms with E-state index in [0.717, 1.165) is 0 Å². The zero-order valence-corrected chi connectivity index (χ0v) is 17.1. The predicted molar refractivity (Wildman–Crippen MR) is 111 cm³/mol. The summed E-state index contributed by atoms with van der Waals surface area (Å²) in [5.74, 6) is -1.93. The van der Waals surface area contributed by atoms with Gasteiger partial charge in [0.25, 0.3) is 0 Å². The molecule has 1 N–H and O–H groups in total. The first-order valence-corrected chi connectivity index (χ1v) is 9.49. The lowest BCUT2D eigenvalue weighted by Gasteiger charge is -2.21. The van der Waals surface area contributed by atoms with Gasteiger partial charge in [-0.3, -0.25) is 4.79 Å². The summed E-state index contributed by atoms with van der Waals surface area (Å²) in [6.45, 7) is 0. The zero-order chi connectivity index (χ0) is 21.0. The van der Waals surface area contributed by atoms with Crippen LogP contribution in [0.25, 0.3) is 33.4 Å². The minimum Gasteiger partial charge on any atom is -0.870 e. The van der Waals surface area contributed by atoms with Crippen molar-refractivity contribution in [2.75, 3.05) is 0 Å². The molecule has 0 unspecified atom stereocenters. The fourth-order valence-corrected chi connectivity index (χ4v) is 4.15. The van der Waals surface area contributed by atoms with Crippen LogP contribution in [0.2, 0.25) is 20.1 Å². The monoisotopic (exact) mass is 467 g/mol. The van der Waals surface area contributed by atoms with Crippen molar-refractivity contribution < 1.29 is 19.4 Å². The summed E-state index contributed by atoms with van der Waals surface area (Å²) in [5, 5.41) is 21.1. The molecule has 0 fully saturated rings. The van der Waals surface area contributed by atoms with Crippen LogP contribution in [-0.2, 0) is 0 Å². The van der Waals surface area contributed by atoms with Crippen molar-refractivity contribution in [1.29, 1.82) is 0 Å². The normalized spacial score (nSPS) is 11.3. The zero-order valence-electron chi connectivity index (χ0n) is 14.1. The number of rotatable bonds is 2. The second-order valence-electron chi connectivity index (χ2n) is 6.08. The van der Waals surface area contributed by atoms with Gasteiger partial charge in [-0.05, 0) is 23.8 Å². The van der Waals surface area contributed by atoms with E-state index in [4.69, 9.17) is 50.8 Å². The van der Waals surface area contributed by atoms with Crippen LogP contribution in [0.15, 0.2) is 45.6 Å². The molecule has 0 radical (unpaired) electrons. The van der Waals surface area contributed by atoms with Gasteiger partial charge in [0.05, 0.1) is 15.6 Å². The van der Waals surface area contributed by atoms with Gasteiger partial charge in [0.15, 0.2) is 11.3 Å². The molecule has 2 aliphatic rings. The molecule has 0 spiro atoms. The van der Waals surface area contributed by atoms with Crippen LogP contribution in [0.4, 0.5) is 0 Å². The van der Waals surface area contributed by atoms with Crippen LogP contribution in [0.1, 0.15) is 10.4 Å². The van der Waals surface area contributed by atoms with Crippen molar-refractivity contribution in [2.45, 2.75) is 0 Å². The third kappa shape index (κ3) is 3.02. The van der Waals surface area contributed by atoms with Crippen LogP contribution in [0, 0.1) is 0 Å². The molecule has 1 aliphatic heterocycles. The summed E-state index contributed by atoms with van der Waals surface area (Å²) < 4.78 is 5.71. The van der Waals surface area contributed by atoms with Gasteiger partial charge in [0.1, 0.15) is 5.02 Å². The largest absolute Gasteiger partial charge is 0.870 e. The van der Waals surface area contributed by atoms with Crippen LogP contribution in [-0.4, -0.2) is 11.1 Å². The number of halogens is 4. The molecule has 9 heteroatoms. The lowest BCUT2D eigenvalue weighted by molar-refractivity contribution is -0.267. The first-order valence-electron chi connectivity index (χ1n) is 7.98. The Labute approximate surface area is 183 Å². The average Bonchev–Trinajstić information content (AvgIpc) is 2.69. The van der Waals surface area contributed by atoms with Crippen LogP contribution < -0.4 is 10.5 Å². The molecule has 1 heterocycles. The Morgan fingerprint density at radius 1 is 0.966 bits per heavy atom. The standard InChI is InChI=1S/C20H8Cl4O5/c21-11-5-9-13(7-3-1-2-4-8(7)20(27)28)10-6-12(22)17(26)15(24)19(10)29-18(9)14(23)16(11)25/h1-6,25H,(H,27,28)/p-1. The second-order valence-corrected chi connectivity index (χ2v) is 7.65. The van der Waals surface area contributed by atoms with Gasteiger partial charge < -0.3 is 14.6 Å². The molecular formula is C20H7Cl4O5-. The van der Waals surface area contributed by atoms with Crippen LogP contribution in [0.5, 0.6) is 5.75 Å². The molecule has 0 amide bonds. The highest BCUT2D eigenvalue weighted by Gasteiger charge is 2.26. The molecular weight excluding hydrogens is 462 g/mol. The smallest absolute Gasteiger partial charge is 0.336 e. The van der Waals surface area contributed by atoms with Crippen molar-refractivity contribution in [2.24, 2.45) is 0 Å². The van der Waals surface area contributed by atoms with E-state index in [2.05, 4.69) is 0 Å². The number of carbonyl (C=O) groups is 1. The van der Waals surface area contributed by atoms with E-state index in [1.54, 1.807) is 18.2 Å². The molecule has 0 aromatic heterocycles. The minimum absolute atomic E-state index is 0.0295. The summed E-state index contributed by atoms with van der Waals surface area (Å²) >= 11 is 24.4. The third-order valence-corrected chi connectivity index (χ3v) is 5.68. The summed E-state index contributed by atoms with van der Waals surface area (Å²) in [6, 6.07) is 8.84. The molecule has 2 aromatic carbocycles. The number of aromatic carboxylic acids is 1. The van der Waals surface area contributed by atoms with E-state index in [0.29, 0.717) is 5.56 Å². The Kier molecular flexibility index (Phi) is 4.87. The molecule has 0 saturated heterocycles. The predicted octanol–water partition coefficient (Wildman–Crippen LogP) is 5.95. The number of benzene rings is 3. The van der Waals surface area contributed by atoms with Crippen molar-refractivity contribution in [3.05, 3.63) is 72.3 Å². The quantitative estimate of drug-likeness (QED) is 0.367. The van der Waals surface area contributed by atoms with E-state index >= 15 is 0 Å². The average molecular weight is 469 g/mol. The maximum atomic E-state index is 12.2. The summed E-state index contributed by atoms with van der Waals surface area (Å²) in [4.78, 5) is 24.0. The number of hydrogen-bond acceptors (Lipinski definition) is 4. The van der Waals surface area contributed by atoms with Gasteiger partial charge in [-0.25, -0.2) is 4.79 Å². The third-order valence-electron chi connectivity index (χ3n) is 4.43. The number of carboxylic acids is 1. The molecule has 0 saturated carbocycles. The molecule has 0 bridgehead atoms. The molecule has 2 aromatic rings. The van der Waals surface area contributed by atoms with Crippen molar-refractivity contribution >= 4 is 63.3 Å². The van der Waals surface area contributed by atoms with E-state index in [9.17, 15) is 19.8 Å². The van der Waals surface area contributed by atoms with Crippen molar-refractivity contribution in [3.8, 4) is 28.2 Å². The molecule has 0 atom stereocenters. The van der Waals surface area contributed by atoms with E-state index in [1.165, 1.54) is 18.2 Å². The van der Waals surface area contributed by atoms with E-state index < -0.39 is 17.1 Å². The van der Waals surface area contributed by atoms with Gasteiger partial charge in [-0.1, -0.05) is 70.4 Å². The van der Waals surface area contributed by atoms with Gasteiger partial charge >= 0.3 is 5.97 Å². The van der Waals surface area contributed by atoms with E-state index in [1.807, 2.05) is 0 Å². The summed E-state index contributed by atoms with van der Waals surface area (Å²) in [7, 11) is 0. The lowest BCUT2D eigenvalue weighted by atomic mass is 9.90. The fraction of sp³-hybridized carbons (Fsp3) is 0. The van der Waals surface area contributed by atoms with Crippen LogP contribution in [0.3, 0.4) is 0 Å². The molecule has 1 aliphatic carbocycles. The maximum Gasteiger partial charge on any atom is 0.336 e. The lowest BCUT2D eigenvalue weighted by Crippen LogP contribution is -2.07. The Hall–Kier alpha value is -2.44. The number of fused-ring (bicyclic) bond motifs is 2. The van der Waals surface area contributed by atoms with Gasteiger partial charge in [-0.2, -0.15) is 0 Å². The highest BCUT2D eigenvalue weighted by Crippen LogP contribution is 2.48. The Morgan fingerprint density at radius 2 is 1.66 bits per heavy atom. The topological polar surface area (TPSA) is 90.6 Å². The van der Waals surface area contributed by atoms with Crippen molar-refractivity contribution in [1.82, 2.24) is 0 Å². The first kappa shape index (κ1) is 19.9. The minimum atomic E-state index is -1.18. The van der Waals surface area contributed by atoms with Crippen LogP contribution >= 0.6 is 46.4 Å². The molecule has 4 rings (SSSR count). The number of carboxylic acid groups (broad SMARTS) is 1. The summed E-state index contributed by atoms with van der Waals surface area (Å²) in [5.41, 5.74) is 0.0835. The molecule has 146 valence electrons. The molecule has 29 heavy (non-hydrogen) atoms. The first-order chi connectivity index (χ1) is 13.7. The van der Waals surface area contributed by atoms with Gasteiger partial charge in [0, 0.05) is 21.5 Å². The SMILES string of the molecule is O=C(O)c1ccccc1-c1c2cc(Cl)c(=O)c(Cl)c-2oc2c(Cl)c([O-])c(Cl)cc12. The van der Waals surface area contributed by atoms with E-state index in [-0.39, 0.29) is 53.5 Å².